The van der Waals surface area contributed by atoms with Gasteiger partial charge in [0.2, 0.25) is 5.91 Å². The van der Waals surface area contributed by atoms with E-state index in [2.05, 4.69) is 0 Å². The number of nitrogens with zero attached hydrogens (tertiary/aromatic N) is 1. The molecule has 6 nitrogen and oxygen atoms in total. The Morgan fingerprint density at radius 3 is 2.95 bits per heavy atom. The molecule has 1 aromatic heterocycles. The highest BCUT2D eigenvalue weighted by atomic mass is 16.5. The lowest BCUT2D eigenvalue weighted by molar-refractivity contribution is -0.145. The summed E-state index contributed by atoms with van der Waals surface area (Å²) in [6.45, 7) is 0.337. The van der Waals surface area contributed by atoms with Gasteiger partial charge in [-0.25, -0.2) is 0 Å². The van der Waals surface area contributed by atoms with E-state index in [9.17, 15) is 9.59 Å². The maximum Gasteiger partial charge on any atom is 0.323 e. The Labute approximate surface area is 110 Å². The van der Waals surface area contributed by atoms with Gasteiger partial charge in [0, 0.05) is 25.5 Å². The number of carboxylic acids is 1. The Morgan fingerprint density at radius 1 is 1.58 bits per heavy atom. The fraction of sp³-hybridized carbons (Fsp3) is 0.538. The zero-order valence-electron chi connectivity index (χ0n) is 10.7. The van der Waals surface area contributed by atoms with Crippen LogP contribution < -0.4 is 0 Å². The van der Waals surface area contributed by atoms with Gasteiger partial charge in [0.1, 0.15) is 12.3 Å². The minimum absolute atomic E-state index is 0.0846. The van der Waals surface area contributed by atoms with Gasteiger partial charge in [0.05, 0.1) is 12.9 Å². The van der Waals surface area contributed by atoms with E-state index in [1.807, 2.05) is 6.07 Å². The molecule has 1 heterocycles. The first-order chi connectivity index (χ1) is 9.13. The normalized spacial score (nSPS) is 21.1. The van der Waals surface area contributed by atoms with Crippen molar-refractivity contribution in [2.45, 2.75) is 12.3 Å². The molecular weight excluding hydrogens is 250 g/mol. The van der Waals surface area contributed by atoms with Crippen LogP contribution in [0, 0.1) is 5.92 Å². The second kappa shape index (κ2) is 5.88. The first-order valence-corrected chi connectivity index (χ1v) is 6.16. The largest absolute Gasteiger partial charge is 0.480 e. The number of methoxy groups -OCH3 is 1. The van der Waals surface area contributed by atoms with Crippen LogP contribution in [0.4, 0.5) is 0 Å². The summed E-state index contributed by atoms with van der Waals surface area (Å²) >= 11 is 0. The summed E-state index contributed by atoms with van der Waals surface area (Å²) < 4.78 is 10.2. The second-order valence-corrected chi connectivity index (χ2v) is 4.61. The number of aliphatic carboxylic acids is 1. The van der Waals surface area contributed by atoms with Crippen molar-refractivity contribution in [2.24, 2.45) is 5.92 Å². The summed E-state index contributed by atoms with van der Waals surface area (Å²) in [5.74, 6) is -0.440. The average Bonchev–Trinajstić information content (AvgIpc) is 2.99. The van der Waals surface area contributed by atoms with Gasteiger partial charge < -0.3 is 19.2 Å². The number of hydrogen-bond acceptors (Lipinski definition) is 4. The van der Waals surface area contributed by atoms with Crippen LogP contribution in [0.2, 0.25) is 0 Å². The number of hydrogen-bond donors (Lipinski definition) is 1. The molecule has 0 saturated heterocycles. The van der Waals surface area contributed by atoms with Crippen LogP contribution in [0.5, 0.6) is 0 Å². The monoisotopic (exact) mass is 267 g/mol. The van der Waals surface area contributed by atoms with Gasteiger partial charge in [0.25, 0.3) is 0 Å². The Hall–Kier alpha value is -1.82. The Bertz CT molecular complexity index is 442. The maximum absolute atomic E-state index is 12.2. The lowest BCUT2D eigenvalue weighted by Gasteiger charge is -2.20. The van der Waals surface area contributed by atoms with Gasteiger partial charge >= 0.3 is 5.97 Å². The molecule has 1 aromatic rings. The van der Waals surface area contributed by atoms with E-state index in [-0.39, 0.29) is 24.3 Å². The summed E-state index contributed by atoms with van der Waals surface area (Å²) in [4.78, 5) is 24.3. The molecule has 104 valence electrons. The molecule has 1 saturated carbocycles. The molecular formula is C13H17NO5. The van der Waals surface area contributed by atoms with E-state index in [0.29, 0.717) is 13.2 Å². The van der Waals surface area contributed by atoms with E-state index in [1.54, 1.807) is 12.3 Å². The van der Waals surface area contributed by atoms with Crippen LogP contribution in [0.3, 0.4) is 0 Å². The van der Waals surface area contributed by atoms with Crippen LogP contribution in [0.1, 0.15) is 18.1 Å². The van der Waals surface area contributed by atoms with Crippen molar-refractivity contribution in [1.82, 2.24) is 4.90 Å². The predicted molar refractivity (Wildman–Crippen MR) is 65.6 cm³/mol. The van der Waals surface area contributed by atoms with Gasteiger partial charge in [-0.05, 0) is 18.6 Å². The predicted octanol–water partition coefficient (Wildman–Crippen LogP) is 0.943. The van der Waals surface area contributed by atoms with Crippen LogP contribution in [0.15, 0.2) is 22.8 Å². The zero-order chi connectivity index (χ0) is 13.8. The first kappa shape index (κ1) is 13.6. The minimum atomic E-state index is -1.01. The summed E-state index contributed by atoms with van der Waals surface area (Å²) in [7, 11) is 1.52. The molecule has 6 heteroatoms. The second-order valence-electron chi connectivity index (χ2n) is 4.61. The van der Waals surface area contributed by atoms with Crippen molar-refractivity contribution in [3.63, 3.8) is 0 Å². The molecule has 0 bridgehead atoms. The number of amides is 1. The van der Waals surface area contributed by atoms with Crippen LogP contribution >= 0.6 is 0 Å². The van der Waals surface area contributed by atoms with Crippen LogP contribution in [-0.2, 0) is 14.3 Å². The number of carbonyl (C=O) groups excluding carboxylic acids is 1. The van der Waals surface area contributed by atoms with E-state index in [0.717, 1.165) is 12.2 Å². The molecule has 0 radical (unpaired) electrons. The minimum Gasteiger partial charge on any atom is -0.480 e. The van der Waals surface area contributed by atoms with Gasteiger partial charge in [-0.2, -0.15) is 0 Å². The van der Waals surface area contributed by atoms with E-state index in [1.165, 1.54) is 12.0 Å². The van der Waals surface area contributed by atoms with Gasteiger partial charge in [0.15, 0.2) is 0 Å². The third kappa shape index (κ3) is 3.35. The summed E-state index contributed by atoms with van der Waals surface area (Å²) in [5.41, 5.74) is 0. The molecule has 1 amide bonds. The fourth-order valence-electron chi connectivity index (χ4n) is 2.15. The quantitative estimate of drug-likeness (QED) is 0.795. The topological polar surface area (TPSA) is 80.0 Å². The summed E-state index contributed by atoms with van der Waals surface area (Å²) in [5, 5.41) is 8.83. The van der Waals surface area contributed by atoms with Crippen molar-refractivity contribution in [1.29, 1.82) is 0 Å². The van der Waals surface area contributed by atoms with E-state index < -0.39 is 5.97 Å². The van der Waals surface area contributed by atoms with Gasteiger partial charge in [-0.3, -0.25) is 9.59 Å². The lowest BCUT2D eigenvalue weighted by Crippen LogP contribution is -2.39. The zero-order valence-corrected chi connectivity index (χ0v) is 10.7. The summed E-state index contributed by atoms with van der Waals surface area (Å²) in [6.07, 6.45) is 2.30. The number of ether oxygens (including phenoxy) is 1. The van der Waals surface area contributed by atoms with Crippen molar-refractivity contribution in [3.05, 3.63) is 24.2 Å². The molecule has 0 spiro atoms. The Morgan fingerprint density at radius 2 is 2.37 bits per heavy atom. The van der Waals surface area contributed by atoms with Crippen molar-refractivity contribution >= 4 is 11.9 Å². The maximum atomic E-state index is 12.2. The third-order valence-electron chi connectivity index (χ3n) is 3.22. The number of furan rings is 1. The standard InChI is InChI=1S/C13H17NO5/c1-18-6-4-14(8-12(15)16)13(17)10-7-9(10)11-3-2-5-19-11/h2-3,5,9-10H,4,6-8H2,1H3,(H,15,16). The molecule has 1 aliphatic carbocycles. The molecule has 2 atom stereocenters. The summed E-state index contributed by atoms with van der Waals surface area (Å²) in [6, 6.07) is 3.63. The van der Waals surface area contributed by atoms with Crippen molar-refractivity contribution < 1.29 is 23.8 Å². The number of rotatable bonds is 7. The SMILES string of the molecule is COCCN(CC(=O)O)C(=O)C1CC1c1ccco1. The third-order valence-corrected chi connectivity index (χ3v) is 3.22. The van der Waals surface area contributed by atoms with E-state index >= 15 is 0 Å². The molecule has 0 aromatic carbocycles. The molecule has 1 N–H and O–H groups in total. The highest BCUT2D eigenvalue weighted by molar-refractivity contribution is 5.86. The van der Waals surface area contributed by atoms with Crippen LogP contribution in [0.25, 0.3) is 0 Å². The number of carbonyl (C=O) groups is 2. The van der Waals surface area contributed by atoms with Crippen molar-refractivity contribution in [3.8, 4) is 0 Å². The van der Waals surface area contributed by atoms with Gasteiger partial charge in [-0.15, -0.1) is 0 Å². The highest BCUT2D eigenvalue weighted by Gasteiger charge is 2.47. The number of carboxylic acid groups (broad SMARTS) is 1. The molecule has 2 unspecified atom stereocenters. The van der Waals surface area contributed by atoms with Gasteiger partial charge in [-0.1, -0.05) is 0 Å². The lowest BCUT2D eigenvalue weighted by atomic mass is 10.2. The molecule has 1 aliphatic rings. The fourth-order valence-corrected chi connectivity index (χ4v) is 2.15. The molecule has 19 heavy (non-hydrogen) atoms. The van der Waals surface area contributed by atoms with Crippen LogP contribution in [-0.4, -0.2) is 48.7 Å². The van der Waals surface area contributed by atoms with Crippen molar-refractivity contribution in [2.75, 3.05) is 26.8 Å². The van der Waals surface area contributed by atoms with E-state index in [4.69, 9.17) is 14.3 Å². The molecule has 0 aliphatic heterocycles. The highest BCUT2D eigenvalue weighted by Crippen LogP contribution is 2.48. The Kier molecular flexibility index (Phi) is 4.21. The first-order valence-electron chi connectivity index (χ1n) is 6.16. The molecule has 1 fully saturated rings. The molecule has 2 rings (SSSR count). The smallest absolute Gasteiger partial charge is 0.323 e. The Balaban J connectivity index is 1.94. The average molecular weight is 267 g/mol.